The van der Waals surface area contributed by atoms with Gasteiger partial charge in [-0.3, -0.25) is 4.90 Å². The highest BCUT2D eigenvalue weighted by atomic mass is 32.2. The second-order valence-corrected chi connectivity index (χ2v) is 6.92. The van der Waals surface area contributed by atoms with Crippen LogP contribution in [-0.4, -0.2) is 50.0 Å². The largest absolute Gasteiger partial charge is 0.329 e. The summed E-state index contributed by atoms with van der Waals surface area (Å²) < 4.78 is 23.7. The topological polar surface area (TPSA) is 63.4 Å². The van der Waals surface area contributed by atoms with Crippen molar-refractivity contribution in [2.45, 2.75) is 43.9 Å². The van der Waals surface area contributed by atoms with Crippen molar-refractivity contribution < 1.29 is 8.42 Å². The van der Waals surface area contributed by atoms with E-state index in [1.165, 1.54) is 6.26 Å². The number of likely N-dealkylation sites (N-methyl/N-ethyl adjacent to an activating group) is 1. The van der Waals surface area contributed by atoms with Crippen LogP contribution in [-0.2, 0) is 9.84 Å². The lowest BCUT2D eigenvalue weighted by Crippen LogP contribution is -2.60. The molecule has 0 radical (unpaired) electrons. The molecule has 0 spiro atoms. The minimum Gasteiger partial charge on any atom is -0.329 e. The fourth-order valence-corrected chi connectivity index (χ4v) is 4.97. The first-order valence-electron chi connectivity index (χ1n) is 6.06. The van der Waals surface area contributed by atoms with Gasteiger partial charge in [-0.25, -0.2) is 8.42 Å². The third-order valence-corrected chi connectivity index (χ3v) is 5.65. The maximum absolute atomic E-state index is 11.9. The van der Waals surface area contributed by atoms with Crippen molar-refractivity contribution in [3.8, 4) is 0 Å². The Balaban J connectivity index is 3.11. The molecular formula is C11H24N2O2S. The molecule has 0 aromatic heterocycles. The van der Waals surface area contributed by atoms with Gasteiger partial charge in [0, 0.05) is 18.3 Å². The first kappa shape index (κ1) is 13.9. The van der Waals surface area contributed by atoms with Crippen LogP contribution < -0.4 is 5.73 Å². The van der Waals surface area contributed by atoms with Crippen molar-refractivity contribution in [3.63, 3.8) is 0 Å². The molecule has 0 bridgehead atoms. The molecule has 2 unspecified atom stereocenters. The molecule has 1 fully saturated rings. The highest BCUT2D eigenvalue weighted by Crippen LogP contribution is 2.38. The Morgan fingerprint density at radius 1 is 1.38 bits per heavy atom. The van der Waals surface area contributed by atoms with Gasteiger partial charge in [0.05, 0.1) is 5.25 Å². The van der Waals surface area contributed by atoms with E-state index in [4.69, 9.17) is 5.73 Å². The normalized spacial score (nSPS) is 31.2. The molecule has 0 aromatic rings. The lowest BCUT2D eigenvalue weighted by Gasteiger charge is -2.43. The second kappa shape index (κ2) is 5.02. The van der Waals surface area contributed by atoms with E-state index in [0.717, 1.165) is 32.4 Å². The SMILES string of the molecule is CCN(CC)C1(CN)CCCC1S(C)(=O)=O. The van der Waals surface area contributed by atoms with E-state index in [1.54, 1.807) is 0 Å². The number of sulfone groups is 1. The van der Waals surface area contributed by atoms with Crippen LogP contribution in [0.2, 0.25) is 0 Å². The first-order valence-corrected chi connectivity index (χ1v) is 8.01. The zero-order chi connectivity index (χ0) is 12.4. The van der Waals surface area contributed by atoms with E-state index >= 15 is 0 Å². The van der Waals surface area contributed by atoms with Crippen LogP contribution in [0.4, 0.5) is 0 Å². The van der Waals surface area contributed by atoms with Gasteiger partial charge in [-0.2, -0.15) is 0 Å². The van der Waals surface area contributed by atoms with Crippen LogP contribution in [0.5, 0.6) is 0 Å². The number of nitrogens with two attached hydrogens (primary N) is 1. The van der Waals surface area contributed by atoms with E-state index in [-0.39, 0.29) is 10.8 Å². The van der Waals surface area contributed by atoms with E-state index in [9.17, 15) is 8.42 Å². The quantitative estimate of drug-likeness (QED) is 0.775. The Kier molecular flexibility index (Phi) is 4.37. The molecule has 1 saturated carbocycles. The molecule has 96 valence electrons. The molecule has 0 saturated heterocycles. The van der Waals surface area contributed by atoms with Gasteiger partial charge in [-0.15, -0.1) is 0 Å². The number of hydrogen-bond donors (Lipinski definition) is 1. The summed E-state index contributed by atoms with van der Waals surface area (Å²) in [4.78, 5) is 2.23. The van der Waals surface area contributed by atoms with Crippen LogP contribution in [0, 0.1) is 0 Å². The molecule has 0 aliphatic heterocycles. The predicted octanol–water partition coefficient (Wildman–Crippen LogP) is 0.623. The molecule has 0 aromatic carbocycles. The van der Waals surface area contributed by atoms with Gasteiger partial charge in [0.2, 0.25) is 0 Å². The summed E-state index contributed by atoms with van der Waals surface area (Å²) in [5.41, 5.74) is 5.58. The maximum atomic E-state index is 11.9. The Labute approximate surface area is 99.1 Å². The van der Waals surface area contributed by atoms with Crippen LogP contribution in [0.25, 0.3) is 0 Å². The van der Waals surface area contributed by atoms with Gasteiger partial charge in [0.1, 0.15) is 0 Å². The number of nitrogens with zero attached hydrogens (tertiary/aromatic N) is 1. The molecule has 1 aliphatic rings. The number of hydrogen-bond acceptors (Lipinski definition) is 4. The minimum absolute atomic E-state index is 0.287. The van der Waals surface area contributed by atoms with Crippen molar-refractivity contribution in [3.05, 3.63) is 0 Å². The Morgan fingerprint density at radius 3 is 2.31 bits per heavy atom. The summed E-state index contributed by atoms with van der Waals surface area (Å²) in [6.45, 7) is 6.29. The van der Waals surface area contributed by atoms with Gasteiger partial charge in [0.25, 0.3) is 0 Å². The molecule has 0 amide bonds. The van der Waals surface area contributed by atoms with E-state index in [2.05, 4.69) is 18.7 Å². The summed E-state index contributed by atoms with van der Waals surface area (Å²) in [7, 11) is -3.01. The highest BCUT2D eigenvalue weighted by molar-refractivity contribution is 7.91. The first-order chi connectivity index (χ1) is 7.42. The summed E-state index contributed by atoms with van der Waals surface area (Å²) in [5.74, 6) is 0. The molecule has 1 rings (SSSR count). The van der Waals surface area contributed by atoms with Crippen LogP contribution in [0.15, 0.2) is 0 Å². The maximum Gasteiger partial charge on any atom is 0.152 e. The second-order valence-electron chi connectivity index (χ2n) is 4.69. The molecule has 0 heterocycles. The Bertz CT molecular complexity index is 325. The molecule has 5 heteroatoms. The van der Waals surface area contributed by atoms with Crippen LogP contribution in [0.1, 0.15) is 33.1 Å². The van der Waals surface area contributed by atoms with Crippen LogP contribution in [0.3, 0.4) is 0 Å². The average Bonchev–Trinajstić information content (AvgIpc) is 2.64. The molecular weight excluding hydrogens is 224 g/mol. The highest BCUT2D eigenvalue weighted by Gasteiger charge is 2.49. The fraction of sp³-hybridized carbons (Fsp3) is 1.00. The Hall–Kier alpha value is -0.130. The summed E-state index contributed by atoms with van der Waals surface area (Å²) in [6.07, 6.45) is 3.97. The van der Waals surface area contributed by atoms with Gasteiger partial charge < -0.3 is 5.73 Å². The smallest absolute Gasteiger partial charge is 0.152 e. The predicted molar refractivity (Wildman–Crippen MR) is 67.2 cm³/mol. The van der Waals surface area contributed by atoms with Crippen molar-refractivity contribution in [1.82, 2.24) is 4.90 Å². The lowest BCUT2D eigenvalue weighted by atomic mass is 9.94. The molecule has 16 heavy (non-hydrogen) atoms. The molecule has 2 N–H and O–H groups in total. The van der Waals surface area contributed by atoms with Crippen molar-refractivity contribution in [1.29, 1.82) is 0 Å². The fourth-order valence-electron chi connectivity index (χ4n) is 3.21. The van der Waals surface area contributed by atoms with E-state index < -0.39 is 9.84 Å². The molecule has 2 atom stereocenters. The molecule has 1 aliphatic carbocycles. The monoisotopic (exact) mass is 248 g/mol. The number of rotatable bonds is 5. The molecule has 4 nitrogen and oxygen atoms in total. The summed E-state index contributed by atoms with van der Waals surface area (Å²) in [6, 6.07) is 0. The van der Waals surface area contributed by atoms with Crippen molar-refractivity contribution >= 4 is 9.84 Å². The minimum atomic E-state index is -3.01. The zero-order valence-electron chi connectivity index (χ0n) is 10.6. The van der Waals surface area contributed by atoms with Gasteiger partial charge in [0.15, 0.2) is 9.84 Å². The van der Waals surface area contributed by atoms with Crippen molar-refractivity contribution in [2.24, 2.45) is 5.73 Å². The third kappa shape index (κ3) is 2.26. The van der Waals surface area contributed by atoms with Crippen molar-refractivity contribution in [2.75, 3.05) is 25.9 Å². The lowest BCUT2D eigenvalue weighted by molar-refractivity contribution is 0.115. The van der Waals surface area contributed by atoms with Gasteiger partial charge >= 0.3 is 0 Å². The van der Waals surface area contributed by atoms with E-state index in [1.807, 2.05) is 0 Å². The third-order valence-electron chi connectivity index (χ3n) is 3.94. The Morgan fingerprint density at radius 2 is 1.94 bits per heavy atom. The average molecular weight is 248 g/mol. The summed E-state index contributed by atoms with van der Waals surface area (Å²) >= 11 is 0. The van der Waals surface area contributed by atoms with E-state index in [0.29, 0.717) is 6.54 Å². The van der Waals surface area contributed by atoms with Gasteiger partial charge in [-0.05, 0) is 25.9 Å². The van der Waals surface area contributed by atoms with Crippen LogP contribution >= 0.6 is 0 Å². The zero-order valence-corrected chi connectivity index (χ0v) is 11.4. The summed E-state index contributed by atoms with van der Waals surface area (Å²) in [5, 5.41) is -0.287. The standard InChI is InChI=1S/C11H24N2O2S/c1-4-13(5-2)11(9-12)8-6-7-10(11)16(3,14)15/h10H,4-9,12H2,1-3H3. The van der Waals surface area contributed by atoms with Gasteiger partial charge in [-0.1, -0.05) is 20.3 Å².